The zero-order chi connectivity index (χ0) is 20.5. The van der Waals surface area contributed by atoms with Crippen LogP contribution in [0.25, 0.3) is 43.8 Å². The van der Waals surface area contributed by atoms with Crippen LogP contribution in [0, 0.1) is 6.92 Å². The van der Waals surface area contributed by atoms with Crippen molar-refractivity contribution in [2.24, 2.45) is 0 Å². The first-order valence-electron chi connectivity index (χ1n) is 10.7. The predicted octanol–water partition coefficient (Wildman–Crippen LogP) is 8.27. The second-order valence-corrected chi connectivity index (χ2v) is 9.06. The molecular weight excluding hydrogens is 360 g/mol. The molecule has 0 unspecified atom stereocenters. The number of hydrogen-bond acceptors (Lipinski definition) is 0. The lowest BCUT2D eigenvalue weighted by Gasteiger charge is -2.26. The molecule has 5 aromatic carbocycles. The lowest BCUT2D eigenvalue weighted by molar-refractivity contribution is 0.668. The van der Waals surface area contributed by atoms with Crippen molar-refractivity contribution < 1.29 is 0 Å². The Labute approximate surface area is 177 Å². The van der Waals surface area contributed by atoms with Gasteiger partial charge in [0.1, 0.15) is 0 Å². The molecule has 5 aromatic rings. The van der Waals surface area contributed by atoms with Crippen molar-refractivity contribution >= 4 is 21.5 Å². The number of hydrogen-bond donors (Lipinski definition) is 0. The standard InChI is InChI=1S/C30H24/c1-19-15-17-20(18-16-19)21-13-8-14-26-27-24-11-6-4-9-22(24)23-10-5-7-12-25(23)29(27)30(2,3)28(21)26/h4-18H,1-3H3. The maximum Gasteiger partial charge on any atom is 0.0171 e. The molecule has 144 valence electrons. The minimum atomic E-state index is -0.0736. The molecule has 1 aliphatic rings. The van der Waals surface area contributed by atoms with Gasteiger partial charge in [0.05, 0.1) is 0 Å². The molecule has 0 saturated heterocycles. The van der Waals surface area contributed by atoms with Crippen LogP contribution in [-0.2, 0) is 5.41 Å². The van der Waals surface area contributed by atoms with E-state index in [1.807, 2.05) is 0 Å². The number of aryl methyl sites for hydroxylation is 1. The zero-order valence-corrected chi connectivity index (χ0v) is 17.7. The van der Waals surface area contributed by atoms with Crippen molar-refractivity contribution in [2.45, 2.75) is 26.2 Å². The molecule has 0 fully saturated rings. The van der Waals surface area contributed by atoms with Crippen LogP contribution in [0.3, 0.4) is 0 Å². The van der Waals surface area contributed by atoms with Gasteiger partial charge in [-0.2, -0.15) is 0 Å². The summed E-state index contributed by atoms with van der Waals surface area (Å²) in [6, 6.07) is 33.6. The zero-order valence-electron chi connectivity index (χ0n) is 17.7. The van der Waals surface area contributed by atoms with Crippen molar-refractivity contribution in [3.63, 3.8) is 0 Å². The van der Waals surface area contributed by atoms with Gasteiger partial charge in [-0.05, 0) is 61.8 Å². The molecule has 0 nitrogen and oxygen atoms in total. The third-order valence-electron chi connectivity index (χ3n) is 6.88. The molecule has 0 N–H and O–H groups in total. The molecule has 0 bridgehead atoms. The summed E-state index contributed by atoms with van der Waals surface area (Å²) in [5.41, 5.74) is 9.58. The van der Waals surface area contributed by atoms with Crippen LogP contribution >= 0.6 is 0 Å². The molecule has 0 atom stereocenters. The van der Waals surface area contributed by atoms with E-state index in [0.717, 1.165) is 0 Å². The maximum atomic E-state index is 2.40. The van der Waals surface area contributed by atoms with Gasteiger partial charge < -0.3 is 0 Å². The fourth-order valence-corrected chi connectivity index (χ4v) is 5.60. The van der Waals surface area contributed by atoms with Gasteiger partial charge in [-0.1, -0.05) is 110 Å². The van der Waals surface area contributed by atoms with Gasteiger partial charge in [0.2, 0.25) is 0 Å². The van der Waals surface area contributed by atoms with Crippen molar-refractivity contribution in [2.75, 3.05) is 0 Å². The Balaban J connectivity index is 1.79. The SMILES string of the molecule is Cc1ccc(-c2cccc3c2C(C)(C)c2c-3c3ccccc3c3ccccc23)cc1. The summed E-state index contributed by atoms with van der Waals surface area (Å²) < 4.78 is 0. The van der Waals surface area contributed by atoms with Crippen LogP contribution in [0.15, 0.2) is 91.0 Å². The van der Waals surface area contributed by atoms with E-state index in [4.69, 9.17) is 0 Å². The quantitative estimate of drug-likeness (QED) is 0.255. The monoisotopic (exact) mass is 384 g/mol. The lowest BCUT2D eigenvalue weighted by atomic mass is 9.77. The summed E-state index contributed by atoms with van der Waals surface area (Å²) in [5.74, 6) is 0. The number of fused-ring (bicyclic) bond motifs is 8. The van der Waals surface area contributed by atoms with Crippen molar-refractivity contribution in [3.05, 3.63) is 108 Å². The first-order valence-corrected chi connectivity index (χ1v) is 10.7. The van der Waals surface area contributed by atoms with Gasteiger partial charge in [0.15, 0.2) is 0 Å². The average Bonchev–Trinajstić information content (AvgIpc) is 3.02. The molecule has 0 spiro atoms. The Morgan fingerprint density at radius 1 is 0.500 bits per heavy atom. The van der Waals surface area contributed by atoms with Gasteiger partial charge in [-0.25, -0.2) is 0 Å². The summed E-state index contributed by atoms with van der Waals surface area (Å²) in [6.07, 6.45) is 0. The Hall–Kier alpha value is -3.38. The molecule has 0 heteroatoms. The van der Waals surface area contributed by atoms with E-state index in [1.54, 1.807) is 0 Å². The van der Waals surface area contributed by atoms with E-state index >= 15 is 0 Å². The van der Waals surface area contributed by atoms with Crippen LogP contribution in [0.4, 0.5) is 0 Å². The Kier molecular flexibility index (Phi) is 3.53. The lowest BCUT2D eigenvalue weighted by Crippen LogP contribution is -2.17. The van der Waals surface area contributed by atoms with Gasteiger partial charge in [0, 0.05) is 5.41 Å². The van der Waals surface area contributed by atoms with Gasteiger partial charge in [-0.15, -0.1) is 0 Å². The van der Waals surface area contributed by atoms with Crippen LogP contribution in [0.1, 0.15) is 30.5 Å². The second kappa shape index (κ2) is 6.06. The van der Waals surface area contributed by atoms with E-state index < -0.39 is 0 Å². The van der Waals surface area contributed by atoms with Crippen LogP contribution in [0.5, 0.6) is 0 Å². The fraction of sp³-hybridized carbons (Fsp3) is 0.133. The van der Waals surface area contributed by atoms with E-state index in [2.05, 4.69) is 112 Å². The van der Waals surface area contributed by atoms with Gasteiger partial charge >= 0.3 is 0 Å². The second-order valence-electron chi connectivity index (χ2n) is 9.06. The highest BCUT2D eigenvalue weighted by molar-refractivity contribution is 6.18. The van der Waals surface area contributed by atoms with Crippen LogP contribution < -0.4 is 0 Å². The molecule has 6 rings (SSSR count). The molecule has 0 radical (unpaired) electrons. The molecule has 30 heavy (non-hydrogen) atoms. The van der Waals surface area contributed by atoms with E-state index in [1.165, 1.54) is 60.5 Å². The molecule has 1 aliphatic carbocycles. The van der Waals surface area contributed by atoms with E-state index in [0.29, 0.717) is 0 Å². The molecule has 0 aromatic heterocycles. The predicted molar refractivity (Wildman–Crippen MR) is 129 cm³/mol. The largest absolute Gasteiger partial charge is 0.0616 e. The number of rotatable bonds is 1. The van der Waals surface area contributed by atoms with Crippen LogP contribution in [-0.4, -0.2) is 0 Å². The highest BCUT2D eigenvalue weighted by atomic mass is 14.4. The summed E-state index contributed by atoms with van der Waals surface area (Å²) in [4.78, 5) is 0. The Bertz CT molecular complexity index is 1450. The third-order valence-corrected chi connectivity index (χ3v) is 6.88. The van der Waals surface area contributed by atoms with Crippen molar-refractivity contribution in [3.8, 4) is 22.3 Å². The van der Waals surface area contributed by atoms with Crippen LogP contribution in [0.2, 0.25) is 0 Å². The smallest absolute Gasteiger partial charge is 0.0171 e. The Morgan fingerprint density at radius 3 is 1.77 bits per heavy atom. The molecule has 0 amide bonds. The molecule has 0 aliphatic heterocycles. The molecule has 0 heterocycles. The average molecular weight is 385 g/mol. The summed E-state index contributed by atoms with van der Waals surface area (Å²) >= 11 is 0. The minimum absolute atomic E-state index is 0.0736. The highest BCUT2D eigenvalue weighted by Crippen LogP contribution is 2.56. The first-order chi connectivity index (χ1) is 14.6. The molecular formula is C30H24. The maximum absolute atomic E-state index is 2.40. The minimum Gasteiger partial charge on any atom is -0.0616 e. The highest BCUT2D eigenvalue weighted by Gasteiger charge is 2.40. The van der Waals surface area contributed by atoms with E-state index in [-0.39, 0.29) is 5.41 Å². The Morgan fingerprint density at radius 2 is 1.07 bits per heavy atom. The van der Waals surface area contributed by atoms with Crippen molar-refractivity contribution in [1.82, 2.24) is 0 Å². The fourth-order valence-electron chi connectivity index (χ4n) is 5.60. The van der Waals surface area contributed by atoms with Gasteiger partial charge in [0.25, 0.3) is 0 Å². The summed E-state index contributed by atoms with van der Waals surface area (Å²) in [6.45, 7) is 6.95. The first kappa shape index (κ1) is 17.5. The van der Waals surface area contributed by atoms with Crippen molar-refractivity contribution in [1.29, 1.82) is 0 Å². The summed E-state index contributed by atoms with van der Waals surface area (Å²) in [7, 11) is 0. The third kappa shape index (κ3) is 2.22. The number of benzene rings is 5. The summed E-state index contributed by atoms with van der Waals surface area (Å²) in [5, 5.41) is 5.43. The van der Waals surface area contributed by atoms with Gasteiger partial charge in [-0.3, -0.25) is 0 Å². The van der Waals surface area contributed by atoms with E-state index in [9.17, 15) is 0 Å². The topological polar surface area (TPSA) is 0 Å². The molecule has 0 saturated carbocycles. The normalized spacial score (nSPS) is 14.1.